The highest BCUT2D eigenvalue weighted by molar-refractivity contribution is 7.99. The summed E-state index contributed by atoms with van der Waals surface area (Å²) in [6.07, 6.45) is 0. The zero-order valence-corrected chi connectivity index (χ0v) is 20.3. The van der Waals surface area contributed by atoms with Gasteiger partial charge in [0.15, 0.2) is 11.0 Å². The number of carbonyl (C=O) groups is 1. The molecule has 1 amide bonds. The third-order valence-corrected chi connectivity index (χ3v) is 6.08. The highest BCUT2D eigenvalue weighted by Gasteiger charge is 2.17. The lowest BCUT2D eigenvalue weighted by Gasteiger charge is -2.11. The van der Waals surface area contributed by atoms with Gasteiger partial charge in [0.05, 0.1) is 23.5 Å². The third-order valence-electron chi connectivity index (χ3n) is 5.15. The summed E-state index contributed by atoms with van der Waals surface area (Å²) in [6, 6.07) is 23.2. The Labute approximate surface area is 211 Å². The van der Waals surface area contributed by atoms with Crippen molar-refractivity contribution in [3.05, 3.63) is 94.5 Å². The molecule has 0 unspecified atom stereocenters. The number of non-ortho nitro benzene ring substituents is 1. The molecular formula is C25H22N6O4S. The minimum absolute atomic E-state index is 0.0365. The summed E-state index contributed by atoms with van der Waals surface area (Å²) in [6.45, 7) is 1.67. The molecule has 0 radical (unpaired) electrons. The van der Waals surface area contributed by atoms with Gasteiger partial charge >= 0.3 is 0 Å². The molecule has 0 fully saturated rings. The number of nitro groups is 1. The maximum atomic E-state index is 12.5. The van der Waals surface area contributed by atoms with Crippen LogP contribution >= 0.6 is 11.8 Å². The van der Waals surface area contributed by atoms with E-state index in [4.69, 9.17) is 4.74 Å². The number of hydrazone groups is 1. The number of aromatic nitrogens is 3. The van der Waals surface area contributed by atoms with Crippen molar-refractivity contribution in [3.8, 4) is 22.8 Å². The normalized spacial score (nSPS) is 11.2. The van der Waals surface area contributed by atoms with Crippen LogP contribution in [0.3, 0.4) is 0 Å². The molecule has 0 aliphatic heterocycles. The topological polar surface area (TPSA) is 125 Å². The first-order valence-electron chi connectivity index (χ1n) is 10.8. The lowest BCUT2D eigenvalue weighted by Crippen LogP contribution is -2.21. The minimum Gasteiger partial charge on any atom is -0.497 e. The average molecular weight is 503 g/mol. The van der Waals surface area contributed by atoms with E-state index in [1.165, 1.54) is 23.9 Å². The Hall–Kier alpha value is -4.51. The number of benzene rings is 3. The molecule has 1 heterocycles. The lowest BCUT2D eigenvalue weighted by molar-refractivity contribution is -0.384. The first kappa shape index (κ1) is 24.6. The molecule has 4 aromatic rings. The average Bonchev–Trinajstić information content (AvgIpc) is 3.35. The molecule has 11 heteroatoms. The summed E-state index contributed by atoms with van der Waals surface area (Å²) in [5.74, 6) is 1.05. The Morgan fingerprint density at radius 3 is 2.53 bits per heavy atom. The second-order valence-corrected chi connectivity index (χ2v) is 8.48. The van der Waals surface area contributed by atoms with E-state index in [2.05, 4.69) is 20.7 Å². The third kappa shape index (κ3) is 5.76. The van der Waals surface area contributed by atoms with Crippen LogP contribution in [0.15, 0.2) is 89.1 Å². The molecule has 0 aliphatic rings. The van der Waals surface area contributed by atoms with Crippen LogP contribution in [-0.4, -0.2) is 44.2 Å². The molecule has 0 saturated heterocycles. The van der Waals surface area contributed by atoms with Gasteiger partial charge in [-0.3, -0.25) is 19.5 Å². The molecule has 182 valence electrons. The van der Waals surface area contributed by atoms with Gasteiger partial charge in [0.2, 0.25) is 0 Å². The van der Waals surface area contributed by atoms with Crippen LogP contribution in [0.2, 0.25) is 0 Å². The zero-order chi connectivity index (χ0) is 25.5. The van der Waals surface area contributed by atoms with Crippen molar-refractivity contribution in [2.75, 3.05) is 12.9 Å². The number of carbonyl (C=O) groups excluding carboxylic acids is 1. The Kier molecular flexibility index (Phi) is 7.71. The number of nitro benzene ring substituents is 1. The van der Waals surface area contributed by atoms with Crippen LogP contribution in [0.1, 0.15) is 12.5 Å². The van der Waals surface area contributed by atoms with Crippen LogP contribution < -0.4 is 10.2 Å². The lowest BCUT2D eigenvalue weighted by atomic mass is 10.1. The summed E-state index contributed by atoms with van der Waals surface area (Å²) in [4.78, 5) is 23.0. The largest absolute Gasteiger partial charge is 0.497 e. The van der Waals surface area contributed by atoms with Crippen LogP contribution in [-0.2, 0) is 4.79 Å². The van der Waals surface area contributed by atoms with E-state index in [9.17, 15) is 14.9 Å². The number of nitrogens with one attached hydrogen (secondary N) is 1. The van der Waals surface area contributed by atoms with Crippen molar-refractivity contribution in [2.24, 2.45) is 5.10 Å². The number of methoxy groups -OCH3 is 1. The van der Waals surface area contributed by atoms with E-state index in [0.29, 0.717) is 22.3 Å². The van der Waals surface area contributed by atoms with Crippen LogP contribution in [0.25, 0.3) is 17.1 Å². The fourth-order valence-corrected chi connectivity index (χ4v) is 4.06. The van der Waals surface area contributed by atoms with Gasteiger partial charge in [0, 0.05) is 28.9 Å². The molecule has 3 aromatic carbocycles. The van der Waals surface area contributed by atoms with E-state index in [1.54, 1.807) is 26.2 Å². The van der Waals surface area contributed by atoms with Gasteiger partial charge in [-0.15, -0.1) is 10.2 Å². The number of ether oxygens (including phenoxy) is 1. The quantitative estimate of drug-likeness (QED) is 0.155. The number of amides is 1. The molecule has 0 aliphatic carbocycles. The summed E-state index contributed by atoms with van der Waals surface area (Å²) in [5, 5.41) is 24.3. The van der Waals surface area contributed by atoms with Crippen LogP contribution in [0, 0.1) is 10.1 Å². The van der Waals surface area contributed by atoms with Crippen molar-refractivity contribution in [1.29, 1.82) is 0 Å². The first-order valence-corrected chi connectivity index (χ1v) is 11.8. The van der Waals surface area contributed by atoms with E-state index in [0.717, 1.165) is 17.0 Å². The molecule has 0 bridgehead atoms. The van der Waals surface area contributed by atoms with E-state index >= 15 is 0 Å². The Balaban J connectivity index is 1.51. The maximum Gasteiger partial charge on any atom is 0.270 e. The van der Waals surface area contributed by atoms with E-state index in [-0.39, 0.29) is 17.3 Å². The number of thioether (sulfide) groups is 1. The number of rotatable bonds is 9. The van der Waals surface area contributed by atoms with Crippen molar-refractivity contribution in [3.63, 3.8) is 0 Å². The maximum absolute atomic E-state index is 12.5. The Morgan fingerprint density at radius 1 is 1.08 bits per heavy atom. The number of hydrogen-bond donors (Lipinski definition) is 1. The first-order chi connectivity index (χ1) is 17.5. The van der Waals surface area contributed by atoms with E-state index in [1.807, 2.05) is 59.2 Å². The van der Waals surface area contributed by atoms with Gasteiger partial charge in [-0.2, -0.15) is 5.10 Å². The second kappa shape index (κ2) is 11.3. The van der Waals surface area contributed by atoms with Gasteiger partial charge < -0.3 is 4.74 Å². The summed E-state index contributed by atoms with van der Waals surface area (Å²) in [7, 11) is 1.60. The van der Waals surface area contributed by atoms with E-state index < -0.39 is 4.92 Å². The molecule has 1 N–H and O–H groups in total. The molecule has 36 heavy (non-hydrogen) atoms. The standard InChI is InChI=1S/C25H22N6O4S/c1-17(19-9-6-10-21(15-19)31(33)34)26-27-23(32)16-36-25-29-28-24(18-7-4-3-5-8-18)30(25)20-11-13-22(35-2)14-12-20/h3-15H,16H2,1-2H3,(H,27,32). The summed E-state index contributed by atoms with van der Waals surface area (Å²) < 4.78 is 7.14. The predicted octanol–water partition coefficient (Wildman–Crippen LogP) is 4.48. The van der Waals surface area contributed by atoms with Gasteiger partial charge in [0.25, 0.3) is 11.6 Å². The number of nitrogens with zero attached hydrogens (tertiary/aromatic N) is 5. The Bertz CT molecular complexity index is 1400. The van der Waals surface area contributed by atoms with Crippen molar-refractivity contribution >= 4 is 29.1 Å². The molecule has 10 nitrogen and oxygen atoms in total. The molecule has 1 aromatic heterocycles. The van der Waals surface area contributed by atoms with Crippen LogP contribution in [0.4, 0.5) is 5.69 Å². The molecular weight excluding hydrogens is 480 g/mol. The Morgan fingerprint density at radius 2 is 1.83 bits per heavy atom. The predicted molar refractivity (Wildman–Crippen MR) is 138 cm³/mol. The molecule has 0 saturated carbocycles. The summed E-state index contributed by atoms with van der Waals surface area (Å²) in [5.41, 5.74) is 5.15. The monoisotopic (exact) mass is 502 g/mol. The smallest absolute Gasteiger partial charge is 0.270 e. The van der Waals surface area contributed by atoms with Crippen molar-refractivity contribution < 1.29 is 14.5 Å². The van der Waals surface area contributed by atoms with Crippen molar-refractivity contribution in [1.82, 2.24) is 20.2 Å². The fourth-order valence-electron chi connectivity index (χ4n) is 3.32. The van der Waals surface area contributed by atoms with Gasteiger partial charge in [0.1, 0.15) is 5.75 Å². The molecule has 4 rings (SSSR count). The fraction of sp³-hybridized carbons (Fsp3) is 0.120. The highest BCUT2D eigenvalue weighted by Crippen LogP contribution is 2.28. The summed E-state index contributed by atoms with van der Waals surface area (Å²) >= 11 is 1.22. The molecule has 0 spiro atoms. The second-order valence-electron chi connectivity index (χ2n) is 7.53. The highest BCUT2D eigenvalue weighted by atomic mass is 32.2. The van der Waals surface area contributed by atoms with Crippen LogP contribution in [0.5, 0.6) is 5.75 Å². The number of hydrogen-bond acceptors (Lipinski definition) is 8. The SMILES string of the molecule is COc1ccc(-n2c(SCC(=O)NN=C(C)c3cccc([N+](=O)[O-])c3)nnc2-c2ccccc2)cc1. The zero-order valence-electron chi connectivity index (χ0n) is 19.5. The van der Waals surface area contributed by atoms with Gasteiger partial charge in [-0.1, -0.05) is 54.2 Å². The molecule has 0 atom stereocenters. The van der Waals surface area contributed by atoms with Crippen molar-refractivity contribution in [2.45, 2.75) is 12.1 Å². The van der Waals surface area contributed by atoms with Gasteiger partial charge in [-0.25, -0.2) is 5.43 Å². The minimum atomic E-state index is -0.478. The van der Waals surface area contributed by atoms with Gasteiger partial charge in [-0.05, 0) is 31.2 Å².